The minimum absolute atomic E-state index is 0.808. The van der Waals surface area contributed by atoms with Gasteiger partial charge >= 0.3 is 0 Å². The Morgan fingerprint density at radius 2 is 1.67 bits per heavy atom. The van der Waals surface area contributed by atoms with Gasteiger partial charge in [-0.3, -0.25) is 4.18 Å². The van der Waals surface area contributed by atoms with E-state index < -0.39 is 10.4 Å². The van der Waals surface area contributed by atoms with Gasteiger partial charge in [-0.1, -0.05) is 0 Å². The molecule has 1 saturated heterocycles. The van der Waals surface area contributed by atoms with Crippen LogP contribution < -0.4 is 0 Å². The van der Waals surface area contributed by atoms with Crippen molar-refractivity contribution in [2.45, 2.75) is 12.8 Å². The fourth-order valence-electron chi connectivity index (χ4n) is 0.799. The van der Waals surface area contributed by atoms with Crippen molar-refractivity contribution in [3.63, 3.8) is 0 Å². The first kappa shape index (κ1) is 12.2. The van der Waals surface area contributed by atoms with Gasteiger partial charge in [-0.25, -0.2) is 8.42 Å². The lowest BCUT2D eigenvalue weighted by molar-refractivity contribution is 0.314. The van der Waals surface area contributed by atoms with Crippen molar-refractivity contribution in [1.29, 1.82) is 0 Å². The second-order valence-corrected chi connectivity index (χ2v) is 6.00. The van der Waals surface area contributed by atoms with Crippen LogP contribution in [-0.2, 0) is 25.5 Å². The Labute approximate surface area is 76.6 Å². The number of rotatable bonds is 1. The molecule has 0 aromatic heterocycles. The molecule has 0 bridgehead atoms. The Kier molecular flexibility index (Phi) is 5.90. The van der Waals surface area contributed by atoms with E-state index in [1.807, 2.05) is 0 Å². The number of hydrogen-bond donors (Lipinski definition) is 0. The zero-order chi connectivity index (χ0) is 9.61. The molecule has 1 aliphatic rings. The average molecular weight is 214 g/mol. The summed E-state index contributed by atoms with van der Waals surface area (Å²) >= 11 is 0. The van der Waals surface area contributed by atoms with Gasteiger partial charge in [-0.2, -0.15) is 0 Å². The Balaban J connectivity index is 0.000000202. The highest BCUT2D eigenvalue weighted by molar-refractivity contribution is 7.96. The smallest absolute Gasteiger partial charge is 0.217 e. The van der Waals surface area contributed by atoms with Crippen LogP contribution in [0.1, 0.15) is 12.8 Å². The fraction of sp³-hybridized carbons (Fsp3) is 1.00. The molecule has 6 heteroatoms. The van der Waals surface area contributed by atoms with Crippen LogP contribution in [0.15, 0.2) is 0 Å². The molecule has 0 radical (unpaired) electrons. The molecule has 0 N–H and O–H groups in total. The Hall–Kier alpha value is 0.220. The Morgan fingerprint density at radius 1 is 1.33 bits per heavy atom. The highest BCUT2D eigenvalue weighted by Crippen LogP contribution is 2.08. The minimum atomic E-state index is -4.41. The van der Waals surface area contributed by atoms with E-state index >= 15 is 0 Å². The molecule has 12 heavy (non-hydrogen) atoms. The molecule has 0 saturated carbocycles. The third-order valence-corrected chi connectivity index (χ3v) is 3.82. The second kappa shape index (κ2) is 5.80. The molecule has 4 nitrogen and oxygen atoms in total. The molecule has 74 valence electrons. The van der Waals surface area contributed by atoms with Crippen molar-refractivity contribution in [2.24, 2.45) is 0 Å². The third-order valence-electron chi connectivity index (χ3n) is 1.44. The SMILES string of the molecule is COS(=O)(=O)[O-].C[S+]1CCCC1. The highest BCUT2D eigenvalue weighted by atomic mass is 32.3. The minimum Gasteiger partial charge on any atom is -0.726 e. The van der Waals surface area contributed by atoms with E-state index in [0.717, 1.165) is 18.0 Å². The summed E-state index contributed by atoms with van der Waals surface area (Å²) < 4.78 is 31.0. The monoisotopic (exact) mass is 214 g/mol. The average Bonchev–Trinajstić information content (AvgIpc) is 2.39. The van der Waals surface area contributed by atoms with Crippen molar-refractivity contribution in [3.05, 3.63) is 0 Å². The van der Waals surface area contributed by atoms with E-state index in [1.54, 1.807) is 0 Å². The maximum Gasteiger partial charge on any atom is 0.217 e. The molecule has 1 aliphatic heterocycles. The lowest BCUT2D eigenvalue weighted by atomic mass is 10.4. The van der Waals surface area contributed by atoms with Gasteiger partial charge in [0.05, 0.1) is 13.4 Å². The molecule has 0 atom stereocenters. The van der Waals surface area contributed by atoms with Crippen LogP contribution in [-0.4, -0.2) is 37.8 Å². The third kappa shape index (κ3) is 8.32. The van der Waals surface area contributed by atoms with Crippen LogP contribution in [0.2, 0.25) is 0 Å². The molecule has 1 fully saturated rings. The van der Waals surface area contributed by atoms with E-state index in [4.69, 9.17) is 0 Å². The van der Waals surface area contributed by atoms with Crippen molar-refractivity contribution >= 4 is 21.3 Å². The summed E-state index contributed by atoms with van der Waals surface area (Å²) in [5, 5.41) is 0. The molecule has 0 aromatic rings. The van der Waals surface area contributed by atoms with Crippen molar-refractivity contribution in [2.75, 3.05) is 24.9 Å². The summed E-state index contributed by atoms with van der Waals surface area (Å²) in [5.74, 6) is 3.03. The lowest BCUT2D eigenvalue weighted by Crippen LogP contribution is -1.97. The van der Waals surface area contributed by atoms with E-state index in [-0.39, 0.29) is 0 Å². The van der Waals surface area contributed by atoms with E-state index in [2.05, 4.69) is 10.4 Å². The molecule has 1 heterocycles. The zero-order valence-corrected chi connectivity index (χ0v) is 8.91. The summed E-state index contributed by atoms with van der Waals surface area (Å²) in [6.07, 6.45) is 5.37. The van der Waals surface area contributed by atoms with Crippen LogP contribution in [0.25, 0.3) is 0 Å². The standard InChI is InChI=1S/C5H11S.CH4O4S/c1-6-4-2-3-5-6;1-5-6(2,3)4/h2-5H2,1H3;1H3,(H,2,3,4)/q+1;/p-1. The van der Waals surface area contributed by atoms with Crippen LogP contribution >= 0.6 is 0 Å². The molecular weight excluding hydrogens is 200 g/mol. The van der Waals surface area contributed by atoms with Gasteiger partial charge in [-0.05, 0) is 23.7 Å². The molecule has 1 rings (SSSR count). The largest absolute Gasteiger partial charge is 0.726 e. The molecule has 0 amide bonds. The van der Waals surface area contributed by atoms with Gasteiger partial charge in [0, 0.05) is 0 Å². The fourth-order valence-corrected chi connectivity index (χ4v) is 2.40. The number of hydrogen-bond acceptors (Lipinski definition) is 4. The van der Waals surface area contributed by atoms with Gasteiger partial charge in [0.2, 0.25) is 10.4 Å². The molecule has 0 spiro atoms. The van der Waals surface area contributed by atoms with Gasteiger partial charge in [0.25, 0.3) is 0 Å². The predicted octanol–water partition coefficient (Wildman–Crippen LogP) is 0.121. The van der Waals surface area contributed by atoms with E-state index in [0.29, 0.717) is 0 Å². The summed E-state index contributed by atoms with van der Waals surface area (Å²) in [6, 6.07) is 0. The normalized spacial score (nSPS) is 18.6. The van der Waals surface area contributed by atoms with Crippen LogP contribution in [0.5, 0.6) is 0 Å². The van der Waals surface area contributed by atoms with Crippen LogP contribution in [0.4, 0.5) is 0 Å². The molecule has 0 aromatic carbocycles. The molecular formula is C6H14O4S2. The van der Waals surface area contributed by atoms with Crippen molar-refractivity contribution in [1.82, 2.24) is 0 Å². The van der Waals surface area contributed by atoms with E-state index in [1.165, 1.54) is 24.3 Å². The summed E-state index contributed by atoms with van der Waals surface area (Å²) in [4.78, 5) is 0. The van der Waals surface area contributed by atoms with Crippen LogP contribution in [0.3, 0.4) is 0 Å². The molecule has 0 aliphatic carbocycles. The van der Waals surface area contributed by atoms with Gasteiger partial charge in [-0.15, -0.1) is 0 Å². The Morgan fingerprint density at radius 3 is 1.75 bits per heavy atom. The summed E-state index contributed by atoms with van der Waals surface area (Å²) in [6.45, 7) is 0. The quantitative estimate of drug-likeness (QED) is 0.353. The summed E-state index contributed by atoms with van der Waals surface area (Å²) in [7, 11) is -2.78. The Bertz CT molecular complexity index is 194. The van der Waals surface area contributed by atoms with Gasteiger partial charge in [0.15, 0.2) is 0 Å². The van der Waals surface area contributed by atoms with Gasteiger partial charge in [0.1, 0.15) is 11.5 Å². The predicted molar refractivity (Wildman–Crippen MR) is 49.0 cm³/mol. The maximum absolute atomic E-state index is 9.22. The molecule has 0 unspecified atom stereocenters. The lowest BCUT2D eigenvalue weighted by Gasteiger charge is -1.98. The van der Waals surface area contributed by atoms with Crippen molar-refractivity contribution in [3.8, 4) is 0 Å². The first-order valence-electron chi connectivity index (χ1n) is 3.56. The van der Waals surface area contributed by atoms with E-state index in [9.17, 15) is 13.0 Å². The topological polar surface area (TPSA) is 66.4 Å². The zero-order valence-electron chi connectivity index (χ0n) is 7.28. The first-order chi connectivity index (χ1) is 5.45. The highest BCUT2D eigenvalue weighted by Gasteiger charge is 2.16. The maximum atomic E-state index is 9.22. The van der Waals surface area contributed by atoms with Crippen LogP contribution in [0, 0.1) is 0 Å². The van der Waals surface area contributed by atoms with Gasteiger partial charge < -0.3 is 4.55 Å². The van der Waals surface area contributed by atoms with Crippen molar-refractivity contribution < 1.29 is 17.2 Å². The first-order valence-corrected chi connectivity index (χ1v) is 6.87. The summed E-state index contributed by atoms with van der Waals surface area (Å²) in [5.41, 5.74) is 0. The second-order valence-electron chi connectivity index (χ2n) is 2.47.